The van der Waals surface area contributed by atoms with Crippen molar-refractivity contribution in [2.45, 2.75) is 0 Å². The van der Waals surface area contributed by atoms with E-state index in [9.17, 15) is 9.59 Å². The summed E-state index contributed by atoms with van der Waals surface area (Å²) in [5, 5.41) is 2.74. The van der Waals surface area contributed by atoms with Crippen molar-refractivity contribution < 1.29 is 23.8 Å². The van der Waals surface area contributed by atoms with Crippen molar-refractivity contribution in [1.29, 1.82) is 0 Å². The Morgan fingerprint density at radius 2 is 1.77 bits per heavy atom. The van der Waals surface area contributed by atoms with Gasteiger partial charge in [-0.15, -0.1) is 0 Å². The third-order valence-corrected chi connectivity index (χ3v) is 5.71. The van der Waals surface area contributed by atoms with Gasteiger partial charge in [0.1, 0.15) is 21.6 Å². The molecule has 1 N–H and O–H groups in total. The molecule has 1 fully saturated rings. The van der Waals surface area contributed by atoms with Crippen LogP contribution in [-0.2, 0) is 9.59 Å². The summed E-state index contributed by atoms with van der Waals surface area (Å²) in [6.07, 6.45) is 1.78. The Balaban J connectivity index is 1.48. The van der Waals surface area contributed by atoms with Crippen molar-refractivity contribution in [3.8, 4) is 17.2 Å². The third kappa shape index (κ3) is 6.22. The molecule has 3 rings (SSSR count). The lowest BCUT2D eigenvalue weighted by Gasteiger charge is -2.15. The molecule has 1 aliphatic heterocycles. The monoisotopic (exact) mass is 458 g/mol. The summed E-state index contributed by atoms with van der Waals surface area (Å²) in [7, 11) is 3.15. The smallest absolute Gasteiger partial charge is 0.266 e. The van der Waals surface area contributed by atoms with E-state index in [0.29, 0.717) is 26.5 Å². The maximum atomic E-state index is 12.7. The predicted octanol–water partition coefficient (Wildman–Crippen LogP) is 3.10. The molecular weight excluding hydrogens is 436 g/mol. The zero-order chi connectivity index (χ0) is 22.2. The molecule has 0 saturated carbocycles. The number of hydrogen-bond donors (Lipinski definition) is 1. The topological polar surface area (TPSA) is 77.1 Å². The fourth-order valence-electron chi connectivity index (χ4n) is 2.77. The maximum Gasteiger partial charge on any atom is 0.266 e. The van der Waals surface area contributed by atoms with Gasteiger partial charge in [0.15, 0.2) is 6.61 Å². The van der Waals surface area contributed by atoms with Crippen LogP contribution < -0.4 is 19.5 Å². The van der Waals surface area contributed by atoms with Gasteiger partial charge >= 0.3 is 0 Å². The molecular formula is C22H22N2O5S2. The predicted molar refractivity (Wildman–Crippen MR) is 124 cm³/mol. The molecule has 0 bridgehead atoms. The third-order valence-electron chi connectivity index (χ3n) is 4.33. The van der Waals surface area contributed by atoms with E-state index >= 15 is 0 Å². The lowest BCUT2D eigenvalue weighted by Crippen LogP contribution is -2.38. The number of thiocarbonyl (C=S) groups is 1. The van der Waals surface area contributed by atoms with Crippen LogP contribution in [0.3, 0.4) is 0 Å². The highest BCUT2D eigenvalue weighted by molar-refractivity contribution is 8.26. The minimum absolute atomic E-state index is 0.138. The van der Waals surface area contributed by atoms with E-state index in [1.807, 2.05) is 24.3 Å². The highest BCUT2D eigenvalue weighted by Crippen LogP contribution is 2.32. The number of benzene rings is 2. The average molecular weight is 459 g/mol. The molecule has 0 atom stereocenters. The molecule has 9 heteroatoms. The van der Waals surface area contributed by atoms with Crippen LogP contribution in [0, 0.1) is 0 Å². The average Bonchev–Trinajstić information content (AvgIpc) is 3.05. The molecule has 2 amide bonds. The van der Waals surface area contributed by atoms with Crippen molar-refractivity contribution >= 4 is 46.2 Å². The summed E-state index contributed by atoms with van der Waals surface area (Å²) in [6.45, 7) is 0.408. The van der Waals surface area contributed by atoms with Crippen molar-refractivity contribution in [3.63, 3.8) is 0 Å². The minimum Gasteiger partial charge on any atom is -0.497 e. The van der Waals surface area contributed by atoms with Gasteiger partial charge in [-0.25, -0.2) is 0 Å². The van der Waals surface area contributed by atoms with Crippen molar-refractivity contribution in [3.05, 3.63) is 59.0 Å². The Bertz CT molecular complexity index is 1010. The zero-order valence-electron chi connectivity index (χ0n) is 17.1. The quantitative estimate of drug-likeness (QED) is 0.457. The fourth-order valence-corrected chi connectivity index (χ4v) is 4.08. The Kier molecular flexibility index (Phi) is 7.91. The Morgan fingerprint density at radius 3 is 2.52 bits per heavy atom. The first kappa shape index (κ1) is 22.6. The summed E-state index contributed by atoms with van der Waals surface area (Å²) >= 11 is 6.57. The molecule has 1 aliphatic rings. The van der Waals surface area contributed by atoms with E-state index in [1.54, 1.807) is 44.6 Å². The van der Waals surface area contributed by atoms with Crippen molar-refractivity contribution in [2.75, 3.05) is 33.9 Å². The Morgan fingerprint density at radius 1 is 1.10 bits per heavy atom. The van der Waals surface area contributed by atoms with Gasteiger partial charge in [0.05, 0.1) is 19.1 Å². The SMILES string of the molecule is COc1cccc(/C=C2/SC(=S)N(CCNC(=O)COc3cccc(OC)c3)C2=O)c1. The van der Waals surface area contributed by atoms with Crippen LogP contribution in [0.1, 0.15) is 5.56 Å². The minimum atomic E-state index is -0.291. The zero-order valence-corrected chi connectivity index (χ0v) is 18.8. The molecule has 0 spiro atoms. The van der Waals surface area contributed by atoms with Gasteiger partial charge in [-0.3, -0.25) is 14.5 Å². The number of amides is 2. The fraction of sp³-hybridized carbons (Fsp3) is 0.227. The molecule has 0 aliphatic carbocycles. The van der Waals surface area contributed by atoms with Gasteiger partial charge in [-0.2, -0.15) is 0 Å². The van der Waals surface area contributed by atoms with E-state index in [-0.39, 0.29) is 31.5 Å². The number of ether oxygens (including phenoxy) is 3. The van der Waals surface area contributed by atoms with E-state index in [0.717, 1.165) is 5.56 Å². The van der Waals surface area contributed by atoms with E-state index in [2.05, 4.69) is 5.32 Å². The normalized spacial score (nSPS) is 14.6. The van der Waals surface area contributed by atoms with Gasteiger partial charge in [0.25, 0.3) is 11.8 Å². The molecule has 31 heavy (non-hydrogen) atoms. The number of nitrogens with one attached hydrogen (secondary N) is 1. The summed E-state index contributed by atoms with van der Waals surface area (Å²) in [6, 6.07) is 14.4. The van der Waals surface area contributed by atoms with Gasteiger partial charge in [0.2, 0.25) is 0 Å². The number of methoxy groups -OCH3 is 2. The van der Waals surface area contributed by atoms with Crippen LogP contribution >= 0.6 is 24.0 Å². The van der Waals surface area contributed by atoms with Gasteiger partial charge in [-0.05, 0) is 35.9 Å². The van der Waals surface area contributed by atoms with Crippen LogP contribution in [0.5, 0.6) is 17.2 Å². The molecule has 7 nitrogen and oxygen atoms in total. The molecule has 162 valence electrons. The van der Waals surface area contributed by atoms with Crippen molar-refractivity contribution in [2.24, 2.45) is 0 Å². The van der Waals surface area contributed by atoms with E-state index < -0.39 is 0 Å². The summed E-state index contributed by atoms with van der Waals surface area (Å²) in [5.74, 6) is 1.42. The van der Waals surface area contributed by atoms with E-state index in [4.69, 9.17) is 26.4 Å². The second-order valence-electron chi connectivity index (χ2n) is 6.43. The molecule has 0 aromatic heterocycles. The second-order valence-corrected chi connectivity index (χ2v) is 8.10. The summed E-state index contributed by atoms with van der Waals surface area (Å²) < 4.78 is 16.2. The number of rotatable bonds is 9. The summed E-state index contributed by atoms with van der Waals surface area (Å²) in [5.41, 5.74) is 0.850. The maximum absolute atomic E-state index is 12.7. The molecule has 0 radical (unpaired) electrons. The largest absolute Gasteiger partial charge is 0.497 e. The summed E-state index contributed by atoms with van der Waals surface area (Å²) in [4.78, 5) is 26.7. The molecule has 2 aromatic rings. The molecule has 2 aromatic carbocycles. The van der Waals surface area contributed by atoms with Crippen molar-refractivity contribution in [1.82, 2.24) is 10.2 Å². The molecule has 1 saturated heterocycles. The first-order valence-corrected chi connectivity index (χ1v) is 10.7. The number of nitrogens with zero attached hydrogens (tertiary/aromatic N) is 1. The highest BCUT2D eigenvalue weighted by Gasteiger charge is 2.31. The molecule has 0 unspecified atom stereocenters. The Labute approximate surface area is 190 Å². The lowest BCUT2D eigenvalue weighted by molar-refractivity contribution is -0.124. The van der Waals surface area contributed by atoms with Crippen LogP contribution in [0.4, 0.5) is 0 Å². The van der Waals surface area contributed by atoms with Gasteiger partial charge in [0, 0.05) is 19.2 Å². The first-order chi connectivity index (χ1) is 15.0. The molecule has 1 heterocycles. The second kappa shape index (κ2) is 10.8. The Hall–Kier alpha value is -3.04. The number of carbonyl (C=O) groups is 2. The standard InChI is InChI=1S/C22H22N2O5S2/c1-27-16-6-3-5-15(11-16)12-19-21(26)24(22(30)31-19)10-9-23-20(25)14-29-18-8-4-7-17(13-18)28-2/h3-8,11-13H,9-10,14H2,1-2H3,(H,23,25)/b19-12+. The number of hydrogen-bond acceptors (Lipinski definition) is 7. The highest BCUT2D eigenvalue weighted by atomic mass is 32.2. The number of carbonyl (C=O) groups excluding carboxylic acids is 2. The first-order valence-electron chi connectivity index (χ1n) is 9.43. The van der Waals surface area contributed by atoms with Crippen LogP contribution in [-0.4, -0.2) is 55.0 Å². The van der Waals surface area contributed by atoms with Crippen LogP contribution in [0.2, 0.25) is 0 Å². The van der Waals surface area contributed by atoms with E-state index in [1.165, 1.54) is 16.7 Å². The van der Waals surface area contributed by atoms with Gasteiger partial charge < -0.3 is 19.5 Å². The lowest BCUT2D eigenvalue weighted by atomic mass is 10.2. The van der Waals surface area contributed by atoms with Crippen LogP contribution in [0.15, 0.2) is 53.4 Å². The number of thioether (sulfide) groups is 1. The van der Waals surface area contributed by atoms with Crippen LogP contribution in [0.25, 0.3) is 6.08 Å². The van der Waals surface area contributed by atoms with Gasteiger partial charge in [-0.1, -0.05) is 42.2 Å².